The molecule has 0 saturated heterocycles. The summed E-state index contributed by atoms with van der Waals surface area (Å²) in [6, 6.07) is 60.0. The fourth-order valence-corrected chi connectivity index (χ4v) is 12.5. The number of para-hydroxylation sites is 5. The lowest BCUT2D eigenvalue weighted by molar-refractivity contribution is 0.480. The summed E-state index contributed by atoms with van der Waals surface area (Å²) in [7, 11) is -20.1. The molecule has 3 heterocycles. The minimum absolute atomic E-state index is 0.0128. The van der Waals surface area contributed by atoms with Gasteiger partial charge in [-0.2, -0.15) is 78.5 Å². The molecule has 3 aromatic heterocycles. The second kappa shape index (κ2) is 29.6. The number of anilines is 18. The van der Waals surface area contributed by atoms with E-state index >= 15 is 0 Å². The van der Waals surface area contributed by atoms with Crippen molar-refractivity contribution in [1.82, 2.24) is 44.9 Å². The number of hydrogen-bond acceptors (Lipinski definition) is 26. The van der Waals surface area contributed by atoms with Gasteiger partial charge in [0, 0.05) is 51.2 Å². The maximum atomic E-state index is 13.1. The highest BCUT2D eigenvalue weighted by Gasteiger charge is 2.23. The van der Waals surface area contributed by atoms with Crippen LogP contribution in [0, 0.1) is 0 Å². The van der Waals surface area contributed by atoms with Gasteiger partial charge in [-0.3, -0.25) is 18.2 Å². The van der Waals surface area contributed by atoms with E-state index < -0.39 is 60.1 Å². The normalized spacial score (nSPS) is 11.8. The quantitative estimate of drug-likeness (QED) is 0.0177. The van der Waals surface area contributed by atoms with Gasteiger partial charge in [0.25, 0.3) is 40.5 Å². The van der Waals surface area contributed by atoms with E-state index in [4.69, 9.17) is 0 Å². The third-order valence-electron chi connectivity index (χ3n) is 14.1. The van der Waals surface area contributed by atoms with Crippen molar-refractivity contribution < 1.29 is 51.9 Å². The molecule has 0 spiro atoms. The summed E-state index contributed by atoms with van der Waals surface area (Å²) in [6.07, 6.45) is 4.80. The van der Waals surface area contributed by atoms with Crippen LogP contribution in [0.15, 0.2) is 244 Å². The van der Waals surface area contributed by atoms with E-state index in [1.54, 1.807) is 78.9 Å². The summed E-state index contributed by atoms with van der Waals surface area (Å²) in [5.41, 5.74) is 2.88. The van der Waals surface area contributed by atoms with E-state index in [-0.39, 0.29) is 98.5 Å². The molecule has 30 nitrogen and oxygen atoms in total. The predicted molar refractivity (Wildman–Crippen MR) is 384 cm³/mol. The summed E-state index contributed by atoms with van der Waals surface area (Å²) < 4.78 is 146. The van der Waals surface area contributed by atoms with Crippen molar-refractivity contribution in [2.45, 2.75) is 19.6 Å². The van der Waals surface area contributed by atoms with Gasteiger partial charge >= 0.3 is 0 Å². The third-order valence-corrected chi connectivity index (χ3v) is 17.8. The molecule has 13 N–H and O–H groups in total. The van der Waals surface area contributed by atoms with E-state index in [0.29, 0.717) is 28.4 Å². The molecule has 0 atom stereocenters. The van der Waals surface area contributed by atoms with Crippen LogP contribution in [0.1, 0.15) is 22.3 Å². The van der Waals surface area contributed by atoms with Crippen molar-refractivity contribution in [2.24, 2.45) is 0 Å². The number of aromatic nitrogens is 9. The number of nitrogens with zero attached hydrogens (tertiary/aromatic N) is 9. The highest BCUT2D eigenvalue weighted by Crippen LogP contribution is 2.33. The Morgan fingerprint density at radius 3 is 0.505 bits per heavy atom. The molecule has 9 aromatic carbocycles. The fourth-order valence-electron chi connectivity index (χ4n) is 9.65. The number of nitrogens with one attached hydrogen (secondary N) is 9. The lowest BCUT2D eigenvalue weighted by atomic mass is 10.1. The molecular weight excluding hydrogens is 1380 g/mol. The SMILES string of the molecule is O=S(=O)(O)c1cc(Nc2nc(Nc3ccccc3)nc(Nc3ccccc3)n2)ccc1C=Cc1ccc(Nc2nc(Nc3ccccc3)nc(Nc3ccc(C=Cc4ccc(Nc5nc(Nc6ccccc6)nc(Nc6ccccc6)n5)cc4S(=O)(=O)O)c(S(=O)(=O)O)c3)n2)cc1S(=O)(=O)O. The smallest absolute Gasteiger partial charge is 0.295 e. The Balaban J connectivity index is 0.793. The van der Waals surface area contributed by atoms with Crippen LogP contribution in [0.5, 0.6) is 0 Å². The van der Waals surface area contributed by atoms with Gasteiger partial charge in [0.1, 0.15) is 19.6 Å². The van der Waals surface area contributed by atoms with Gasteiger partial charge in [0.05, 0.1) is 0 Å². The molecule has 0 amide bonds. The van der Waals surface area contributed by atoms with Crippen LogP contribution in [0.3, 0.4) is 0 Å². The molecule has 12 rings (SSSR count). The molecule has 508 valence electrons. The Kier molecular flexibility index (Phi) is 20.0. The van der Waals surface area contributed by atoms with Gasteiger partial charge in [-0.15, -0.1) is 0 Å². The van der Waals surface area contributed by atoms with Crippen molar-refractivity contribution in [1.29, 1.82) is 0 Å². The Hall–Kier alpha value is -12.7. The summed E-state index contributed by atoms with van der Waals surface area (Å²) >= 11 is 0. The maximum absolute atomic E-state index is 13.1. The van der Waals surface area contributed by atoms with E-state index in [0.717, 1.165) is 24.3 Å². The molecule has 0 radical (unpaired) electrons. The minimum atomic E-state index is -5.06. The molecule has 0 aliphatic carbocycles. The largest absolute Gasteiger partial charge is 0.324 e. The molecule has 0 aliphatic heterocycles. The first-order valence-electron chi connectivity index (χ1n) is 29.7. The zero-order chi connectivity index (χ0) is 70.7. The Morgan fingerprint density at radius 2 is 0.356 bits per heavy atom. The number of benzene rings is 9. The number of hydrogen-bond donors (Lipinski definition) is 13. The minimum Gasteiger partial charge on any atom is -0.324 e. The summed E-state index contributed by atoms with van der Waals surface area (Å²) in [4.78, 5) is 37.5. The van der Waals surface area contributed by atoms with Gasteiger partial charge < -0.3 is 47.9 Å². The van der Waals surface area contributed by atoms with E-state index in [1.807, 2.05) is 72.8 Å². The number of rotatable bonds is 26. The molecule has 0 aliphatic rings. The Bertz CT molecular complexity index is 5160. The van der Waals surface area contributed by atoms with E-state index in [2.05, 4.69) is 92.7 Å². The fraction of sp³-hybridized carbons (Fsp3) is 0. The second-order valence-corrected chi connectivity index (χ2v) is 27.0. The first-order valence-corrected chi connectivity index (χ1v) is 35.5. The van der Waals surface area contributed by atoms with Crippen LogP contribution in [0.2, 0.25) is 0 Å². The molecule has 34 heteroatoms. The van der Waals surface area contributed by atoms with Crippen molar-refractivity contribution in [3.8, 4) is 0 Å². The van der Waals surface area contributed by atoms with Crippen LogP contribution in [-0.2, 0) is 40.5 Å². The molecule has 0 unspecified atom stereocenters. The highest BCUT2D eigenvalue weighted by atomic mass is 32.2. The average Bonchev–Trinajstić information content (AvgIpc) is 0.587. The monoisotopic (exact) mass is 1430 g/mol. The molecular formula is C67H54N18O12S4. The molecule has 101 heavy (non-hydrogen) atoms. The van der Waals surface area contributed by atoms with Crippen molar-refractivity contribution in [3.63, 3.8) is 0 Å². The van der Waals surface area contributed by atoms with Crippen molar-refractivity contribution in [3.05, 3.63) is 247 Å². The average molecular weight is 1430 g/mol. The lowest BCUT2D eigenvalue weighted by Gasteiger charge is -2.14. The first kappa shape index (κ1) is 68.3. The zero-order valence-corrected chi connectivity index (χ0v) is 55.2. The van der Waals surface area contributed by atoms with Crippen LogP contribution in [0.25, 0.3) is 24.3 Å². The summed E-state index contributed by atoms with van der Waals surface area (Å²) in [6.45, 7) is 0. The molecule has 0 saturated carbocycles. The van der Waals surface area contributed by atoms with Gasteiger partial charge in [-0.05, 0) is 131 Å². The zero-order valence-electron chi connectivity index (χ0n) is 51.9. The van der Waals surface area contributed by atoms with Crippen molar-refractivity contribution >= 4 is 169 Å². The standard InChI is InChI=1S/C67H54N18O12S4/c86-98(87,88)55-38-51(73-64-79-59(68-46-16-6-1-7-17-46)77-60(80-64)69-47-18-8-2-9-19-47)34-30-42(55)26-28-44-32-36-53(40-57(44)100(92,93)94)75-66-83-63(72-50-24-14-5-15-25-50)84-67(85-66)76-54-37-33-45(58(41-54)101(95,96)97)29-27-43-31-35-52(39-56(43)99(89,90)91)74-65-81-61(70-48-20-10-3-11-21-48)78-62(82-65)71-49-22-12-4-13-23-49/h1-41H,(H,86,87,88)(H,89,90,91)(H,92,93,94)(H,95,96,97)(H3,68,69,73,77,79,80)(H3,70,71,74,78,81,82)(H3,72,75,76,83,84,85). The van der Waals surface area contributed by atoms with Crippen LogP contribution >= 0.6 is 0 Å². The predicted octanol–water partition coefficient (Wildman–Crippen LogP) is 13.3. The van der Waals surface area contributed by atoms with E-state index in [1.165, 1.54) is 72.8 Å². The third kappa shape index (κ3) is 18.5. The van der Waals surface area contributed by atoms with Crippen molar-refractivity contribution in [2.75, 3.05) is 47.9 Å². The summed E-state index contributed by atoms with van der Waals surface area (Å²) in [5.74, 6) is -0.130. The maximum Gasteiger partial charge on any atom is 0.295 e. The summed E-state index contributed by atoms with van der Waals surface area (Å²) in [5, 5.41) is 27.1. The lowest BCUT2D eigenvalue weighted by Crippen LogP contribution is -2.09. The van der Waals surface area contributed by atoms with Gasteiger partial charge in [0.15, 0.2) is 0 Å². The topological polar surface area (TPSA) is 442 Å². The first-order chi connectivity index (χ1) is 48.4. The van der Waals surface area contributed by atoms with Crippen LogP contribution in [0.4, 0.5) is 105 Å². The Morgan fingerprint density at radius 1 is 0.208 bits per heavy atom. The Labute approximate surface area is 577 Å². The van der Waals surface area contributed by atoms with E-state index in [9.17, 15) is 51.9 Å². The highest BCUT2D eigenvalue weighted by molar-refractivity contribution is 7.86. The second-order valence-electron chi connectivity index (χ2n) is 21.5. The van der Waals surface area contributed by atoms with Gasteiger partial charge in [0.2, 0.25) is 53.5 Å². The molecule has 0 bridgehead atoms. The van der Waals surface area contributed by atoms with Crippen LogP contribution in [-0.4, -0.2) is 96.7 Å². The van der Waals surface area contributed by atoms with Crippen LogP contribution < -0.4 is 47.9 Å². The molecule has 12 aromatic rings. The molecule has 0 fully saturated rings. The van der Waals surface area contributed by atoms with Gasteiger partial charge in [-0.1, -0.05) is 140 Å². The van der Waals surface area contributed by atoms with Gasteiger partial charge in [-0.25, -0.2) is 0 Å².